The molecule has 0 aliphatic rings. The van der Waals surface area contributed by atoms with E-state index in [-0.39, 0.29) is 0 Å². The first kappa shape index (κ1) is 14.6. The summed E-state index contributed by atoms with van der Waals surface area (Å²) in [7, 11) is 0. The Hall–Kier alpha value is -0.500. The van der Waals surface area contributed by atoms with Gasteiger partial charge >= 0.3 is 0 Å². The minimum Gasteiger partial charge on any atom is -0.492 e. The number of ether oxygens (including phenoxy) is 1. The van der Waals surface area contributed by atoms with E-state index in [1.165, 1.54) is 31.2 Å². The lowest BCUT2D eigenvalue weighted by molar-refractivity contribution is 0.232. The van der Waals surface area contributed by atoms with E-state index >= 15 is 0 Å². The Morgan fingerprint density at radius 3 is 2.65 bits per heavy atom. The molecule has 96 valence electrons. The fourth-order valence-electron chi connectivity index (χ4n) is 1.83. The van der Waals surface area contributed by atoms with Gasteiger partial charge in [0.1, 0.15) is 5.75 Å². The molecule has 0 radical (unpaired) electrons. The van der Waals surface area contributed by atoms with Crippen molar-refractivity contribution < 1.29 is 4.74 Å². The fourth-order valence-corrected chi connectivity index (χ4v) is 2.44. The molecule has 0 aliphatic heterocycles. The second kappa shape index (κ2) is 7.75. The second-order valence-corrected chi connectivity index (χ2v) is 5.52. The monoisotopic (exact) mass is 298 g/mol. The van der Waals surface area contributed by atoms with Crippen LogP contribution in [0.1, 0.15) is 45.1 Å². The van der Waals surface area contributed by atoms with Crippen LogP contribution < -0.4 is 4.74 Å². The van der Waals surface area contributed by atoms with Crippen molar-refractivity contribution in [3.05, 3.63) is 28.2 Å². The third kappa shape index (κ3) is 5.12. The molecule has 1 nitrogen and oxygen atoms in total. The lowest BCUT2D eigenvalue weighted by Crippen LogP contribution is -2.11. The fraction of sp³-hybridized carbons (Fsp3) is 0.600. The Morgan fingerprint density at radius 2 is 2.06 bits per heavy atom. The Balaban J connectivity index is 2.47. The molecule has 1 unspecified atom stereocenters. The first-order valence-electron chi connectivity index (χ1n) is 6.56. The van der Waals surface area contributed by atoms with Gasteiger partial charge in [0.2, 0.25) is 0 Å². The van der Waals surface area contributed by atoms with Gasteiger partial charge in [0.25, 0.3) is 0 Å². The zero-order chi connectivity index (χ0) is 12.7. The minimum absolute atomic E-state index is 0.683. The van der Waals surface area contributed by atoms with Crippen LogP contribution in [0.15, 0.2) is 22.7 Å². The highest BCUT2D eigenvalue weighted by Gasteiger charge is 2.08. The molecule has 0 saturated heterocycles. The quantitative estimate of drug-likeness (QED) is 0.659. The number of aryl methyl sites for hydroxylation is 1. The van der Waals surface area contributed by atoms with Crippen LogP contribution in [0.25, 0.3) is 0 Å². The third-order valence-electron chi connectivity index (χ3n) is 3.11. The van der Waals surface area contributed by atoms with Gasteiger partial charge < -0.3 is 4.74 Å². The summed E-state index contributed by atoms with van der Waals surface area (Å²) in [6.45, 7) is 7.40. The first-order chi connectivity index (χ1) is 8.17. The van der Waals surface area contributed by atoms with Gasteiger partial charge in [0.15, 0.2) is 0 Å². The smallest absolute Gasteiger partial charge is 0.133 e. The molecular weight excluding hydrogens is 276 g/mol. The van der Waals surface area contributed by atoms with E-state index in [1.54, 1.807) is 0 Å². The van der Waals surface area contributed by atoms with Gasteiger partial charge in [0, 0.05) is 0 Å². The maximum Gasteiger partial charge on any atom is 0.133 e. The molecule has 0 heterocycles. The van der Waals surface area contributed by atoms with Crippen molar-refractivity contribution in [1.29, 1.82) is 0 Å². The minimum atomic E-state index is 0.683. The van der Waals surface area contributed by atoms with Gasteiger partial charge in [0.05, 0.1) is 11.1 Å². The van der Waals surface area contributed by atoms with E-state index in [1.807, 2.05) is 6.07 Å². The molecule has 2 heteroatoms. The molecule has 0 amide bonds. The average molecular weight is 299 g/mol. The van der Waals surface area contributed by atoms with Gasteiger partial charge in [-0.1, -0.05) is 39.2 Å². The van der Waals surface area contributed by atoms with Crippen molar-refractivity contribution >= 4 is 15.9 Å². The summed E-state index contributed by atoms with van der Waals surface area (Å²) in [5.41, 5.74) is 1.25. The van der Waals surface area contributed by atoms with Gasteiger partial charge in [-0.25, -0.2) is 0 Å². The van der Waals surface area contributed by atoms with Crippen LogP contribution in [0.4, 0.5) is 0 Å². The molecule has 1 aromatic carbocycles. The van der Waals surface area contributed by atoms with Crippen LogP contribution >= 0.6 is 15.9 Å². The zero-order valence-corrected chi connectivity index (χ0v) is 12.7. The molecule has 0 saturated carbocycles. The predicted octanol–water partition coefficient (Wildman–Crippen LogP) is 5.35. The summed E-state index contributed by atoms with van der Waals surface area (Å²) in [5.74, 6) is 1.65. The van der Waals surface area contributed by atoms with E-state index in [4.69, 9.17) is 4.74 Å². The number of benzene rings is 1. The highest BCUT2D eigenvalue weighted by Crippen LogP contribution is 2.26. The van der Waals surface area contributed by atoms with Crippen molar-refractivity contribution in [2.45, 2.75) is 46.5 Å². The summed E-state index contributed by atoms with van der Waals surface area (Å²) in [6, 6.07) is 6.24. The summed E-state index contributed by atoms with van der Waals surface area (Å²) in [4.78, 5) is 0. The molecule has 0 N–H and O–H groups in total. The Bertz CT molecular complexity index is 336. The van der Waals surface area contributed by atoms with Gasteiger partial charge in [-0.2, -0.15) is 0 Å². The molecular formula is C15H23BrO. The number of hydrogen-bond acceptors (Lipinski definition) is 1. The lowest BCUT2D eigenvalue weighted by atomic mass is 10.0. The van der Waals surface area contributed by atoms with E-state index in [2.05, 4.69) is 48.8 Å². The van der Waals surface area contributed by atoms with Crippen LogP contribution in [0.2, 0.25) is 0 Å². The maximum absolute atomic E-state index is 5.89. The Morgan fingerprint density at radius 1 is 1.29 bits per heavy atom. The topological polar surface area (TPSA) is 9.23 Å². The van der Waals surface area contributed by atoms with E-state index in [0.717, 1.165) is 16.8 Å². The van der Waals surface area contributed by atoms with Gasteiger partial charge in [-0.05, 0) is 52.9 Å². The Kier molecular flexibility index (Phi) is 6.64. The van der Waals surface area contributed by atoms with E-state index in [0.29, 0.717) is 5.92 Å². The SMILES string of the molecule is CCCCC(CC)COc1ccc(C)cc1Br. The standard InChI is InChI=1S/C15H23BrO/c1-4-6-7-13(5-2)11-17-15-9-8-12(3)10-14(15)16/h8-10,13H,4-7,11H2,1-3H3. The van der Waals surface area contributed by atoms with Crippen LogP contribution in [0.5, 0.6) is 5.75 Å². The van der Waals surface area contributed by atoms with E-state index in [9.17, 15) is 0 Å². The number of halogens is 1. The summed E-state index contributed by atoms with van der Waals surface area (Å²) >= 11 is 3.55. The highest BCUT2D eigenvalue weighted by molar-refractivity contribution is 9.10. The largest absolute Gasteiger partial charge is 0.492 e. The summed E-state index contributed by atoms with van der Waals surface area (Å²) < 4.78 is 6.95. The van der Waals surface area contributed by atoms with Crippen molar-refractivity contribution in [3.63, 3.8) is 0 Å². The van der Waals surface area contributed by atoms with Crippen molar-refractivity contribution in [2.75, 3.05) is 6.61 Å². The van der Waals surface area contributed by atoms with Gasteiger partial charge in [-0.3, -0.25) is 0 Å². The molecule has 0 fully saturated rings. The molecule has 1 rings (SSSR count). The maximum atomic E-state index is 5.89. The van der Waals surface area contributed by atoms with Crippen LogP contribution in [-0.4, -0.2) is 6.61 Å². The van der Waals surface area contributed by atoms with E-state index < -0.39 is 0 Å². The van der Waals surface area contributed by atoms with Crippen molar-refractivity contribution in [1.82, 2.24) is 0 Å². The van der Waals surface area contributed by atoms with Crippen molar-refractivity contribution in [3.8, 4) is 5.75 Å². The molecule has 0 bridgehead atoms. The first-order valence-corrected chi connectivity index (χ1v) is 7.35. The number of rotatable bonds is 7. The molecule has 1 aromatic rings. The molecule has 0 aromatic heterocycles. The number of unbranched alkanes of at least 4 members (excludes halogenated alkanes) is 1. The van der Waals surface area contributed by atoms with Crippen LogP contribution in [0.3, 0.4) is 0 Å². The third-order valence-corrected chi connectivity index (χ3v) is 3.72. The summed E-state index contributed by atoms with van der Waals surface area (Å²) in [5, 5.41) is 0. The predicted molar refractivity (Wildman–Crippen MR) is 77.7 cm³/mol. The second-order valence-electron chi connectivity index (χ2n) is 4.66. The lowest BCUT2D eigenvalue weighted by Gasteiger charge is -2.16. The summed E-state index contributed by atoms with van der Waals surface area (Å²) in [6.07, 6.45) is 5.04. The average Bonchev–Trinajstić information content (AvgIpc) is 2.31. The van der Waals surface area contributed by atoms with Gasteiger partial charge in [-0.15, -0.1) is 0 Å². The highest BCUT2D eigenvalue weighted by atomic mass is 79.9. The number of hydrogen-bond donors (Lipinski definition) is 0. The van der Waals surface area contributed by atoms with Crippen LogP contribution in [0, 0.1) is 12.8 Å². The Labute approximate surface area is 114 Å². The molecule has 17 heavy (non-hydrogen) atoms. The normalized spacial score (nSPS) is 12.5. The van der Waals surface area contributed by atoms with Crippen LogP contribution in [-0.2, 0) is 0 Å². The zero-order valence-electron chi connectivity index (χ0n) is 11.1. The van der Waals surface area contributed by atoms with Crippen molar-refractivity contribution in [2.24, 2.45) is 5.92 Å². The molecule has 1 atom stereocenters. The molecule has 0 aliphatic carbocycles. The molecule has 0 spiro atoms.